The highest BCUT2D eigenvalue weighted by molar-refractivity contribution is 5.86. The zero-order valence-electron chi connectivity index (χ0n) is 22.0. The SMILES string of the molecule is COC(=O)C[C@](O)(CC=CCN=[N+]=[N-])C(=O)O[C@@H]1C(OC)=C[C@]23CCCN2CCc2cc4c(cc2[C@H]13)OCO4. The van der Waals surface area contributed by atoms with Crippen LogP contribution < -0.4 is 9.47 Å². The number of hydrogen-bond acceptors (Lipinski definition) is 10. The van der Waals surface area contributed by atoms with Gasteiger partial charge in [-0.2, -0.15) is 0 Å². The highest BCUT2D eigenvalue weighted by atomic mass is 16.7. The van der Waals surface area contributed by atoms with Gasteiger partial charge in [0.05, 0.1) is 32.1 Å². The second kappa shape index (κ2) is 10.8. The van der Waals surface area contributed by atoms with Crippen molar-refractivity contribution in [1.82, 2.24) is 4.90 Å². The molecule has 1 aromatic rings. The van der Waals surface area contributed by atoms with E-state index in [0.29, 0.717) is 17.3 Å². The van der Waals surface area contributed by atoms with Crippen molar-refractivity contribution in [1.29, 1.82) is 0 Å². The predicted octanol–water partition coefficient (Wildman–Crippen LogP) is 2.90. The summed E-state index contributed by atoms with van der Waals surface area (Å²) >= 11 is 0. The number of benzene rings is 1. The van der Waals surface area contributed by atoms with E-state index >= 15 is 0 Å². The first-order valence-electron chi connectivity index (χ1n) is 13.0. The minimum Gasteiger partial charge on any atom is -0.497 e. The molecule has 12 nitrogen and oxygen atoms in total. The Balaban J connectivity index is 1.51. The summed E-state index contributed by atoms with van der Waals surface area (Å²) in [6.45, 7) is 1.90. The summed E-state index contributed by atoms with van der Waals surface area (Å²) in [5.74, 6) is -0.242. The van der Waals surface area contributed by atoms with E-state index in [1.165, 1.54) is 26.4 Å². The predicted molar refractivity (Wildman–Crippen MR) is 137 cm³/mol. The van der Waals surface area contributed by atoms with Gasteiger partial charge in [0.15, 0.2) is 23.2 Å². The zero-order valence-corrected chi connectivity index (χ0v) is 22.0. The fourth-order valence-corrected chi connectivity index (χ4v) is 6.29. The number of esters is 2. The van der Waals surface area contributed by atoms with Crippen LogP contribution in [0.15, 0.2) is 41.2 Å². The van der Waals surface area contributed by atoms with Gasteiger partial charge in [0.25, 0.3) is 0 Å². The van der Waals surface area contributed by atoms with E-state index in [1.807, 2.05) is 12.1 Å². The summed E-state index contributed by atoms with van der Waals surface area (Å²) in [7, 11) is 2.72. The number of carbonyl (C=O) groups is 2. The second-order valence-corrected chi connectivity index (χ2v) is 10.2. The summed E-state index contributed by atoms with van der Waals surface area (Å²) in [5, 5.41) is 14.8. The van der Waals surface area contributed by atoms with Crippen LogP contribution in [-0.4, -0.2) is 79.8 Å². The molecule has 1 spiro atoms. The number of rotatable bonds is 9. The van der Waals surface area contributed by atoms with Gasteiger partial charge < -0.3 is 28.8 Å². The Morgan fingerprint density at radius 2 is 2.08 bits per heavy atom. The zero-order chi connectivity index (χ0) is 27.6. The minimum atomic E-state index is -2.20. The van der Waals surface area contributed by atoms with Crippen molar-refractivity contribution in [2.75, 3.05) is 40.6 Å². The molecule has 0 aromatic heterocycles. The molecule has 208 valence electrons. The van der Waals surface area contributed by atoms with E-state index in [2.05, 4.69) is 21.0 Å². The van der Waals surface area contributed by atoms with Crippen LogP contribution in [0.2, 0.25) is 0 Å². The number of nitrogens with zero attached hydrogens (tertiary/aromatic N) is 4. The summed E-state index contributed by atoms with van der Waals surface area (Å²) in [5.41, 5.74) is 7.90. The van der Waals surface area contributed by atoms with Crippen LogP contribution in [-0.2, 0) is 30.2 Å². The molecule has 0 radical (unpaired) electrons. The highest BCUT2D eigenvalue weighted by Crippen LogP contribution is 2.55. The van der Waals surface area contributed by atoms with E-state index in [9.17, 15) is 14.7 Å². The van der Waals surface area contributed by atoms with Crippen molar-refractivity contribution in [3.8, 4) is 11.5 Å². The fourth-order valence-electron chi connectivity index (χ4n) is 6.29. The summed E-state index contributed by atoms with van der Waals surface area (Å²) < 4.78 is 27.9. The molecule has 0 unspecified atom stereocenters. The third-order valence-corrected chi connectivity index (χ3v) is 8.12. The first-order chi connectivity index (χ1) is 18.8. The molecule has 1 aromatic carbocycles. The van der Waals surface area contributed by atoms with Crippen molar-refractivity contribution in [3.63, 3.8) is 0 Å². The van der Waals surface area contributed by atoms with E-state index in [1.54, 1.807) is 0 Å². The maximum atomic E-state index is 13.7. The Morgan fingerprint density at radius 1 is 1.28 bits per heavy atom. The molecular formula is C27H32N4O8. The lowest BCUT2D eigenvalue weighted by atomic mass is 9.77. The van der Waals surface area contributed by atoms with E-state index in [4.69, 9.17) is 29.2 Å². The lowest BCUT2D eigenvalue weighted by molar-refractivity contribution is -0.177. The van der Waals surface area contributed by atoms with Crippen molar-refractivity contribution >= 4 is 11.9 Å². The molecule has 0 bridgehead atoms. The third kappa shape index (κ3) is 4.80. The van der Waals surface area contributed by atoms with Crippen molar-refractivity contribution in [2.24, 2.45) is 5.11 Å². The topological polar surface area (TPSA) is 153 Å². The van der Waals surface area contributed by atoms with Crippen LogP contribution >= 0.6 is 0 Å². The number of hydrogen-bond donors (Lipinski definition) is 1. The minimum absolute atomic E-state index is 0.0341. The summed E-state index contributed by atoms with van der Waals surface area (Å²) in [6.07, 6.45) is 5.96. The average Bonchev–Trinajstić information content (AvgIpc) is 3.62. The number of methoxy groups -OCH3 is 2. The second-order valence-electron chi connectivity index (χ2n) is 10.2. The number of fused-ring (bicyclic) bond motifs is 3. The Bertz CT molecular complexity index is 1260. The van der Waals surface area contributed by atoms with E-state index < -0.39 is 35.6 Å². The van der Waals surface area contributed by atoms with Gasteiger partial charge in [0.2, 0.25) is 6.79 Å². The van der Waals surface area contributed by atoms with Crippen LogP contribution in [0.25, 0.3) is 10.4 Å². The quantitative estimate of drug-likeness (QED) is 0.164. The van der Waals surface area contributed by atoms with E-state index in [-0.39, 0.29) is 25.7 Å². The summed E-state index contributed by atoms with van der Waals surface area (Å²) in [4.78, 5) is 30.9. The molecule has 0 amide bonds. The molecule has 4 atom stereocenters. The average molecular weight is 541 g/mol. The van der Waals surface area contributed by atoms with Gasteiger partial charge in [-0.25, -0.2) is 4.79 Å². The van der Waals surface area contributed by atoms with Gasteiger partial charge in [-0.05, 0) is 60.7 Å². The van der Waals surface area contributed by atoms with Crippen LogP contribution in [0.4, 0.5) is 0 Å². The molecule has 3 heterocycles. The molecule has 4 aliphatic rings. The van der Waals surface area contributed by atoms with Crippen LogP contribution in [0.1, 0.15) is 42.7 Å². The molecule has 5 rings (SSSR count). The molecule has 1 saturated heterocycles. The molecule has 0 saturated carbocycles. The van der Waals surface area contributed by atoms with Crippen LogP contribution in [0.5, 0.6) is 11.5 Å². The standard InChI is InChI=1S/C27H32N4O8/c1-35-21-14-26-7-5-10-31(26)11-6-17-12-19-20(38-16-37-19)13-18(17)23(26)24(21)39-25(33)27(34,15-22(32)36-2)8-3-4-9-29-30-28/h3-4,12-14,23-24,34H,5-11,15-16H2,1-2H3/t23-,24-,26+,27-/m1/s1. The van der Waals surface area contributed by atoms with Gasteiger partial charge in [0.1, 0.15) is 5.76 Å². The van der Waals surface area contributed by atoms with Crippen molar-refractivity contribution < 1.29 is 38.4 Å². The summed E-state index contributed by atoms with van der Waals surface area (Å²) in [6, 6.07) is 3.97. The molecule has 1 fully saturated rings. The van der Waals surface area contributed by atoms with Crippen LogP contribution in [0, 0.1) is 0 Å². The fraction of sp³-hybridized carbons (Fsp3) is 0.556. The van der Waals surface area contributed by atoms with E-state index in [0.717, 1.165) is 43.5 Å². The molecule has 12 heteroatoms. The Hall–Kier alpha value is -3.73. The third-order valence-electron chi connectivity index (χ3n) is 8.12. The van der Waals surface area contributed by atoms with Gasteiger partial charge in [0, 0.05) is 24.4 Å². The normalized spacial score (nSPS) is 26.4. The molecule has 1 aliphatic carbocycles. The van der Waals surface area contributed by atoms with Crippen molar-refractivity contribution in [3.05, 3.63) is 57.7 Å². The Morgan fingerprint density at radius 3 is 2.82 bits per heavy atom. The molecular weight excluding hydrogens is 508 g/mol. The number of aliphatic hydroxyl groups is 1. The smallest absolute Gasteiger partial charge is 0.339 e. The van der Waals surface area contributed by atoms with Gasteiger partial charge in [-0.15, -0.1) is 0 Å². The largest absolute Gasteiger partial charge is 0.497 e. The Labute approximate surface area is 225 Å². The molecule has 1 N–H and O–H groups in total. The van der Waals surface area contributed by atoms with Gasteiger partial charge in [-0.1, -0.05) is 17.3 Å². The lowest BCUT2D eigenvalue weighted by Gasteiger charge is -2.39. The van der Waals surface area contributed by atoms with Gasteiger partial charge >= 0.3 is 11.9 Å². The monoisotopic (exact) mass is 540 g/mol. The Kier molecular flexibility index (Phi) is 7.44. The molecule has 39 heavy (non-hydrogen) atoms. The van der Waals surface area contributed by atoms with Crippen LogP contribution in [0.3, 0.4) is 0 Å². The number of azide groups is 1. The number of carbonyl (C=O) groups excluding carboxylic acids is 2. The highest BCUT2D eigenvalue weighted by Gasteiger charge is 2.59. The lowest BCUT2D eigenvalue weighted by Crippen LogP contribution is -2.49. The van der Waals surface area contributed by atoms with Gasteiger partial charge in [-0.3, -0.25) is 9.69 Å². The first kappa shape index (κ1) is 26.9. The van der Waals surface area contributed by atoms with Crippen molar-refractivity contribution in [2.45, 2.75) is 55.3 Å². The maximum absolute atomic E-state index is 13.7. The number of ether oxygens (including phenoxy) is 5. The first-order valence-corrected chi connectivity index (χ1v) is 13.0. The maximum Gasteiger partial charge on any atom is 0.339 e. The molecule has 3 aliphatic heterocycles.